The second-order valence-corrected chi connectivity index (χ2v) is 5.99. The maximum absolute atomic E-state index is 11.6. The highest BCUT2D eigenvalue weighted by atomic mass is 16.4. The predicted octanol–water partition coefficient (Wildman–Crippen LogP) is 2.48. The van der Waals surface area contributed by atoms with E-state index < -0.39 is 11.5 Å². The molecule has 0 heterocycles. The Morgan fingerprint density at radius 2 is 2.05 bits per heavy atom. The Labute approximate surface area is 117 Å². The molecule has 1 rings (SSSR count). The van der Waals surface area contributed by atoms with Crippen molar-refractivity contribution in [1.82, 2.24) is 10.2 Å². The minimum absolute atomic E-state index is 0.434. The van der Waals surface area contributed by atoms with Gasteiger partial charge in [0.25, 0.3) is 0 Å². The van der Waals surface area contributed by atoms with Gasteiger partial charge in [0, 0.05) is 12.1 Å². The van der Waals surface area contributed by atoms with Gasteiger partial charge in [-0.2, -0.15) is 0 Å². The van der Waals surface area contributed by atoms with Crippen molar-refractivity contribution >= 4 is 5.97 Å². The largest absolute Gasteiger partial charge is 0.480 e. The van der Waals surface area contributed by atoms with Gasteiger partial charge in [-0.05, 0) is 59.0 Å². The number of carbonyl (C=O) groups is 1. The molecule has 0 amide bonds. The van der Waals surface area contributed by atoms with Crippen LogP contribution in [0.3, 0.4) is 0 Å². The molecule has 1 atom stereocenters. The zero-order valence-electron chi connectivity index (χ0n) is 12.9. The lowest BCUT2D eigenvalue weighted by atomic mass is 9.90. The lowest BCUT2D eigenvalue weighted by Crippen LogP contribution is -2.53. The van der Waals surface area contributed by atoms with Crippen LogP contribution in [0.1, 0.15) is 59.8 Å². The third-order valence-electron chi connectivity index (χ3n) is 4.26. The van der Waals surface area contributed by atoms with Crippen molar-refractivity contribution in [3.63, 3.8) is 0 Å². The van der Waals surface area contributed by atoms with Crippen molar-refractivity contribution in [3.05, 3.63) is 0 Å². The summed E-state index contributed by atoms with van der Waals surface area (Å²) in [6.45, 7) is 10.5. The van der Waals surface area contributed by atoms with E-state index in [4.69, 9.17) is 0 Å². The fourth-order valence-corrected chi connectivity index (χ4v) is 2.65. The van der Waals surface area contributed by atoms with Gasteiger partial charge < -0.3 is 10.0 Å². The topological polar surface area (TPSA) is 52.6 Å². The fourth-order valence-electron chi connectivity index (χ4n) is 2.65. The Kier molecular flexibility index (Phi) is 6.27. The van der Waals surface area contributed by atoms with Gasteiger partial charge in [0.1, 0.15) is 5.54 Å². The first-order chi connectivity index (χ1) is 8.95. The van der Waals surface area contributed by atoms with E-state index in [0.717, 1.165) is 38.8 Å². The quantitative estimate of drug-likeness (QED) is 0.640. The number of nitrogens with zero attached hydrogens (tertiary/aromatic N) is 1. The van der Waals surface area contributed by atoms with E-state index in [0.29, 0.717) is 18.5 Å². The number of hydrogen-bond donors (Lipinski definition) is 2. The van der Waals surface area contributed by atoms with E-state index in [1.807, 2.05) is 6.92 Å². The number of carboxylic acids is 1. The van der Waals surface area contributed by atoms with Crippen LogP contribution in [0.25, 0.3) is 0 Å². The summed E-state index contributed by atoms with van der Waals surface area (Å²) in [6.07, 6.45) is 4.57. The van der Waals surface area contributed by atoms with Crippen LogP contribution in [-0.4, -0.2) is 46.7 Å². The number of rotatable bonds is 10. The zero-order chi connectivity index (χ0) is 14.5. The van der Waals surface area contributed by atoms with Crippen LogP contribution in [0.15, 0.2) is 0 Å². The van der Waals surface area contributed by atoms with Crippen molar-refractivity contribution in [1.29, 1.82) is 0 Å². The van der Waals surface area contributed by atoms with Crippen LogP contribution < -0.4 is 5.32 Å². The van der Waals surface area contributed by atoms with Crippen molar-refractivity contribution in [2.24, 2.45) is 0 Å². The highest BCUT2D eigenvalue weighted by molar-refractivity contribution is 5.78. The Balaban J connectivity index is 2.50. The monoisotopic (exact) mass is 270 g/mol. The van der Waals surface area contributed by atoms with Gasteiger partial charge in [0.05, 0.1) is 0 Å². The standard InChI is InChI=1S/C15H30N2O2/c1-5-15(14(18)19,16-13-8-9-13)10-7-11-17(6-2)12(3)4/h12-13,16H,5-11H2,1-4H3,(H,18,19). The lowest BCUT2D eigenvalue weighted by Gasteiger charge is -2.31. The summed E-state index contributed by atoms with van der Waals surface area (Å²) >= 11 is 0. The molecule has 0 radical (unpaired) electrons. The number of aliphatic carboxylic acids is 1. The van der Waals surface area contributed by atoms with E-state index >= 15 is 0 Å². The Morgan fingerprint density at radius 3 is 2.42 bits per heavy atom. The average Bonchev–Trinajstić information content (AvgIpc) is 3.16. The summed E-state index contributed by atoms with van der Waals surface area (Å²) in [6, 6.07) is 0.964. The molecule has 4 heteroatoms. The van der Waals surface area contributed by atoms with Crippen molar-refractivity contribution < 1.29 is 9.90 Å². The van der Waals surface area contributed by atoms with Crippen LogP contribution in [0.2, 0.25) is 0 Å². The summed E-state index contributed by atoms with van der Waals surface area (Å²) in [4.78, 5) is 14.0. The molecule has 0 aliphatic heterocycles. The van der Waals surface area contributed by atoms with Crippen LogP contribution in [0.5, 0.6) is 0 Å². The zero-order valence-corrected chi connectivity index (χ0v) is 12.9. The van der Waals surface area contributed by atoms with Gasteiger partial charge in [-0.1, -0.05) is 13.8 Å². The predicted molar refractivity (Wildman–Crippen MR) is 78.4 cm³/mol. The fraction of sp³-hybridized carbons (Fsp3) is 0.933. The van der Waals surface area contributed by atoms with Gasteiger partial charge in [-0.3, -0.25) is 10.1 Å². The molecule has 0 aromatic carbocycles. The first kappa shape index (κ1) is 16.4. The third kappa shape index (κ3) is 4.77. The molecule has 112 valence electrons. The van der Waals surface area contributed by atoms with E-state index in [9.17, 15) is 9.90 Å². The molecule has 1 fully saturated rings. The molecule has 19 heavy (non-hydrogen) atoms. The smallest absolute Gasteiger partial charge is 0.323 e. The molecule has 1 unspecified atom stereocenters. The van der Waals surface area contributed by atoms with Gasteiger partial charge in [0.15, 0.2) is 0 Å². The molecule has 0 spiro atoms. The lowest BCUT2D eigenvalue weighted by molar-refractivity contribution is -0.145. The van der Waals surface area contributed by atoms with Crippen LogP contribution in [-0.2, 0) is 4.79 Å². The highest BCUT2D eigenvalue weighted by Gasteiger charge is 2.40. The van der Waals surface area contributed by atoms with Gasteiger partial charge in [-0.25, -0.2) is 0 Å². The Bertz CT molecular complexity index is 290. The maximum Gasteiger partial charge on any atom is 0.323 e. The molecule has 4 nitrogen and oxygen atoms in total. The van der Waals surface area contributed by atoms with Crippen molar-refractivity contribution in [2.75, 3.05) is 13.1 Å². The first-order valence-electron chi connectivity index (χ1n) is 7.70. The third-order valence-corrected chi connectivity index (χ3v) is 4.26. The Morgan fingerprint density at radius 1 is 1.42 bits per heavy atom. The minimum atomic E-state index is -0.711. The molecule has 0 aromatic heterocycles. The van der Waals surface area contributed by atoms with Crippen LogP contribution in [0, 0.1) is 0 Å². The minimum Gasteiger partial charge on any atom is -0.480 e. The molecule has 1 aliphatic carbocycles. The molecule has 0 aromatic rings. The van der Waals surface area contributed by atoms with E-state index in [1.54, 1.807) is 0 Å². The normalized spacial score (nSPS) is 18.8. The van der Waals surface area contributed by atoms with E-state index in [1.165, 1.54) is 0 Å². The van der Waals surface area contributed by atoms with Crippen LogP contribution >= 0.6 is 0 Å². The second-order valence-electron chi connectivity index (χ2n) is 5.99. The summed E-state index contributed by atoms with van der Waals surface area (Å²) in [7, 11) is 0. The molecule has 1 aliphatic rings. The van der Waals surface area contributed by atoms with E-state index in [-0.39, 0.29) is 0 Å². The van der Waals surface area contributed by atoms with Gasteiger partial charge >= 0.3 is 5.97 Å². The SMILES string of the molecule is CCN(CCCC(CC)(NC1CC1)C(=O)O)C(C)C. The van der Waals surface area contributed by atoms with Gasteiger partial charge in [-0.15, -0.1) is 0 Å². The molecule has 1 saturated carbocycles. The van der Waals surface area contributed by atoms with Gasteiger partial charge in [0.2, 0.25) is 0 Å². The first-order valence-corrected chi connectivity index (χ1v) is 7.70. The van der Waals surface area contributed by atoms with Crippen LogP contribution in [0.4, 0.5) is 0 Å². The number of carboxylic acid groups (broad SMARTS) is 1. The van der Waals surface area contributed by atoms with Crippen molar-refractivity contribution in [2.45, 2.75) is 77.4 Å². The summed E-state index contributed by atoms with van der Waals surface area (Å²) in [5, 5.41) is 12.9. The molecular formula is C15H30N2O2. The molecule has 0 bridgehead atoms. The maximum atomic E-state index is 11.6. The second kappa shape index (κ2) is 7.25. The summed E-state index contributed by atoms with van der Waals surface area (Å²) in [5.41, 5.74) is -0.711. The summed E-state index contributed by atoms with van der Waals surface area (Å²) in [5.74, 6) is -0.686. The molecule has 2 N–H and O–H groups in total. The van der Waals surface area contributed by atoms with Crippen molar-refractivity contribution in [3.8, 4) is 0 Å². The molecular weight excluding hydrogens is 240 g/mol. The summed E-state index contributed by atoms with van der Waals surface area (Å²) < 4.78 is 0. The van der Waals surface area contributed by atoms with E-state index in [2.05, 4.69) is 31.0 Å². The highest BCUT2D eigenvalue weighted by Crippen LogP contribution is 2.27. The number of hydrogen-bond acceptors (Lipinski definition) is 3. The Hall–Kier alpha value is -0.610. The average molecular weight is 270 g/mol. The number of nitrogens with one attached hydrogen (secondary N) is 1. The molecule has 0 saturated heterocycles.